The molecule has 2 rings (SSSR count). The highest BCUT2D eigenvalue weighted by Crippen LogP contribution is 2.30. The number of nitrogen functional groups attached to an aromatic ring is 1. The Morgan fingerprint density at radius 3 is 2.81 bits per heavy atom. The van der Waals surface area contributed by atoms with Gasteiger partial charge in [-0.05, 0) is 19.8 Å². The number of nitrogens with zero attached hydrogens (tertiary/aromatic N) is 2. The van der Waals surface area contributed by atoms with Gasteiger partial charge in [0.15, 0.2) is 5.13 Å². The lowest BCUT2D eigenvalue weighted by Gasteiger charge is -2.20. The van der Waals surface area contributed by atoms with Gasteiger partial charge in [-0.15, -0.1) is 0 Å². The Balaban J connectivity index is 2.18. The molecule has 0 atom stereocenters. The molecule has 1 aliphatic carbocycles. The molecule has 0 saturated heterocycles. The maximum atomic E-state index is 12.2. The van der Waals surface area contributed by atoms with Gasteiger partial charge in [0.2, 0.25) is 0 Å². The molecule has 1 aromatic rings. The molecule has 0 spiro atoms. The van der Waals surface area contributed by atoms with Crippen LogP contribution in [0.4, 0.5) is 5.13 Å². The number of anilines is 1. The number of rotatable bonds is 4. The molecular weight excluding hydrogens is 226 g/mol. The van der Waals surface area contributed by atoms with Crippen LogP contribution in [0.3, 0.4) is 0 Å². The van der Waals surface area contributed by atoms with Gasteiger partial charge in [-0.3, -0.25) is 4.79 Å². The molecule has 1 aromatic heterocycles. The number of carbonyl (C=O) groups is 1. The number of nitrogens with two attached hydrogens (primary N) is 1. The van der Waals surface area contributed by atoms with Crippen molar-refractivity contribution in [2.24, 2.45) is 0 Å². The summed E-state index contributed by atoms with van der Waals surface area (Å²) in [5.74, 6) is -0.0525. The fourth-order valence-corrected chi connectivity index (χ4v) is 2.48. The van der Waals surface area contributed by atoms with E-state index < -0.39 is 0 Å². The largest absolute Gasteiger partial charge is 0.395 e. The molecule has 16 heavy (non-hydrogen) atoms. The number of aliphatic hydroxyl groups excluding tert-OH is 1. The van der Waals surface area contributed by atoms with Gasteiger partial charge in [0.05, 0.1) is 12.3 Å². The molecule has 1 saturated carbocycles. The van der Waals surface area contributed by atoms with E-state index in [9.17, 15) is 4.79 Å². The summed E-state index contributed by atoms with van der Waals surface area (Å²) >= 11 is 1.22. The minimum atomic E-state index is -0.0525. The second-order valence-corrected chi connectivity index (χ2v) is 4.95. The van der Waals surface area contributed by atoms with Crippen molar-refractivity contribution in [1.29, 1.82) is 0 Å². The zero-order valence-corrected chi connectivity index (χ0v) is 9.96. The van der Waals surface area contributed by atoms with Gasteiger partial charge in [-0.1, -0.05) is 11.3 Å². The van der Waals surface area contributed by atoms with E-state index in [-0.39, 0.29) is 12.5 Å². The van der Waals surface area contributed by atoms with Crippen LogP contribution in [0.5, 0.6) is 0 Å². The molecule has 0 aliphatic heterocycles. The van der Waals surface area contributed by atoms with Crippen LogP contribution in [0.15, 0.2) is 0 Å². The number of hydrogen-bond donors (Lipinski definition) is 2. The van der Waals surface area contributed by atoms with Crippen molar-refractivity contribution in [1.82, 2.24) is 9.88 Å². The van der Waals surface area contributed by atoms with Crippen LogP contribution in [-0.2, 0) is 0 Å². The van der Waals surface area contributed by atoms with Crippen molar-refractivity contribution >= 4 is 22.4 Å². The number of thiazole rings is 1. The Hall–Kier alpha value is -1.14. The molecule has 0 bridgehead atoms. The third kappa shape index (κ3) is 2.17. The second kappa shape index (κ2) is 4.39. The molecular formula is C10H15N3O2S. The molecule has 0 aromatic carbocycles. The van der Waals surface area contributed by atoms with Gasteiger partial charge in [-0.2, -0.15) is 0 Å². The minimum Gasteiger partial charge on any atom is -0.395 e. The minimum absolute atomic E-state index is 0.00439. The third-order valence-electron chi connectivity index (χ3n) is 2.60. The maximum absolute atomic E-state index is 12.2. The fourth-order valence-electron chi connectivity index (χ4n) is 1.69. The lowest BCUT2D eigenvalue weighted by molar-refractivity contribution is 0.0711. The molecule has 6 heteroatoms. The first kappa shape index (κ1) is 11.3. The second-order valence-electron chi connectivity index (χ2n) is 3.92. The Bertz CT molecular complexity index is 401. The highest BCUT2D eigenvalue weighted by Gasteiger charge is 2.34. The SMILES string of the molecule is Cc1nc(N)sc1C(=O)N(CCO)C1CC1. The predicted molar refractivity (Wildman–Crippen MR) is 62.4 cm³/mol. The number of hydrogen-bond acceptors (Lipinski definition) is 5. The lowest BCUT2D eigenvalue weighted by atomic mass is 10.3. The summed E-state index contributed by atoms with van der Waals surface area (Å²) in [5, 5.41) is 9.37. The van der Waals surface area contributed by atoms with Gasteiger partial charge >= 0.3 is 0 Å². The molecule has 1 aliphatic rings. The van der Waals surface area contributed by atoms with E-state index in [4.69, 9.17) is 10.8 Å². The van der Waals surface area contributed by atoms with E-state index in [1.54, 1.807) is 11.8 Å². The van der Waals surface area contributed by atoms with Crippen LogP contribution < -0.4 is 5.73 Å². The monoisotopic (exact) mass is 241 g/mol. The lowest BCUT2D eigenvalue weighted by Crippen LogP contribution is -2.35. The first-order valence-electron chi connectivity index (χ1n) is 5.28. The summed E-state index contributed by atoms with van der Waals surface area (Å²) in [6.07, 6.45) is 2.05. The van der Waals surface area contributed by atoms with Gasteiger partial charge < -0.3 is 15.7 Å². The van der Waals surface area contributed by atoms with Crippen molar-refractivity contribution in [3.8, 4) is 0 Å². The van der Waals surface area contributed by atoms with E-state index in [1.807, 2.05) is 0 Å². The van der Waals surface area contributed by atoms with Crippen molar-refractivity contribution in [2.75, 3.05) is 18.9 Å². The summed E-state index contributed by atoms with van der Waals surface area (Å²) in [6, 6.07) is 0.294. The molecule has 1 fully saturated rings. The molecule has 1 amide bonds. The normalized spacial score (nSPS) is 15.1. The van der Waals surface area contributed by atoms with E-state index in [2.05, 4.69) is 4.98 Å². The van der Waals surface area contributed by atoms with Crippen molar-refractivity contribution < 1.29 is 9.90 Å². The van der Waals surface area contributed by atoms with Gasteiger partial charge in [-0.25, -0.2) is 4.98 Å². The highest BCUT2D eigenvalue weighted by atomic mass is 32.1. The highest BCUT2D eigenvalue weighted by molar-refractivity contribution is 7.17. The first-order valence-corrected chi connectivity index (χ1v) is 6.10. The van der Waals surface area contributed by atoms with Crippen LogP contribution >= 0.6 is 11.3 Å². The van der Waals surface area contributed by atoms with Crippen molar-refractivity contribution in [3.63, 3.8) is 0 Å². The number of carbonyl (C=O) groups excluding carboxylic acids is 1. The topological polar surface area (TPSA) is 79.5 Å². The zero-order valence-electron chi connectivity index (χ0n) is 9.14. The van der Waals surface area contributed by atoms with Crippen LogP contribution in [0.25, 0.3) is 0 Å². The Labute approximate surface area is 97.9 Å². The standard InChI is InChI=1S/C10H15N3O2S/c1-6-8(16-10(11)12-6)9(15)13(4-5-14)7-2-3-7/h7,14H,2-5H2,1H3,(H2,11,12). The quantitative estimate of drug-likeness (QED) is 0.810. The smallest absolute Gasteiger partial charge is 0.266 e. The van der Waals surface area contributed by atoms with Crippen molar-refractivity contribution in [3.05, 3.63) is 10.6 Å². The van der Waals surface area contributed by atoms with Crippen LogP contribution in [0, 0.1) is 6.92 Å². The van der Waals surface area contributed by atoms with Crippen LogP contribution in [0.2, 0.25) is 0 Å². The summed E-state index contributed by atoms with van der Waals surface area (Å²) in [6.45, 7) is 2.17. The molecule has 1 heterocycles. The summed E-state index contributed by atoms with van der Waals surface area (Å²) in [5.41, 5.74) is 6.25. The van der Waals surface area contributed by atoms with Gasteiger partial charge in [0, 0.05) is 12.6 Å². The summed E-state index contributed by atoms with van der Waals surface area (Å²) < 4.78 is 0. The van der Waals surface area contributed by atoms with E-state index in [0.29, 0.717) is 28.3 Å². The van der Waals surface area contributed by atoms with Crippen LogP contribution in [0.1, 0.15) is 28.2 Å². The van der Waals surface area contributed by atoms with E-state index >= 15 is 0 Å². The fraction of sp³-hybridized carbons (Fsp3) is 0.600. The molecule has 0 radical (unpaired) electrons. The average molecular weight is 241 g/mol. The third-order valence-corrected chi connectivity index (χ3v) is 3.57. The van der Waals surface area contributed by atoms with Gasteiger partial charge in [0.25, 0.3) is 5.91 Å². The van der Waals surface area contributed by atoms with Crippen LogP contribution in [-0.4, -0.2) is 40.1 Å². The summed E-state index contributed by atoms with van der Waals surface area (Å²) in [7, 11) is 0. The summed E-state index contributed by atoms with van der Waals surface area (Å²) in [4.78, 5) is 18.5. The van der Waals surface area contributed by atoms with Gasteiger partial charge in [0.1, 0.15) is 4.88 Å². The molecule has 3 N–H and O–H groups in total. The molecule has 88 valence electrons. The van der Waals surface area contributed by atoms with E-state index in [0.717, 1.165) is 12.8 Å². The maximum Gasteiger partial charge on any atom is 0.266 e. The van der Waals surface area contributed by atoms with E-state index in [1.165, 1.54) is 11.3 Å². The number of aromatic nitrogens is 1. The van der Waals surface area contributed by atoms with Crippen molar-refractivity contribution in [2.45, 2.75) is 25.8 Å². The number of aliphatic hydroxyl groups is 1. The molecule has 5 nitrogen and oxygen atoms in total. The predicted octanol–water partition coefficient (Wildman–Crippen LogP) is 0.631. The number of aryl methyl sites for hydroxylation is 1. The Morgan fingerprint density at radius 2 is 2.38 bits per heavy atom. The zero-order chi connectivity index (χ0) is 11.7. The Morgan fingerprint density at radius 1 is 1.69 bits per heavy atom. The molecule has 0 unspecified atom stereocenters. The Kier molecular flexibility index (Phi) is 3.11. The number of amides is 1. The first-order chi connectivity index (χ1) is 7.63. The average Bonchev–Trinajstić information content (AvgIpc) is 3.00.